The van der Waals surface area contributed by atoms with Gasteiger partial charge in [-0.2, -0.15) is 0 Å². The van der Waals surface area contributed by atoms with Gasteiger partial charge in [0.1, 0.15) is 0 Å². The van der Waals surface area contributed by atoms with Gasteiger partial charge >= 0.3 is 0 Å². The maximum atomic E-state index is 13.1. The highest BCUT2D eigenvalue weighted by Gasteiger charge is 2.39. The molecule has 0 N–H and O–H groups in total. The molecule has 0 radical (unpaired) electrons. The first kappa shape index (κ1) is 19.4. The van der Waals surface area contributed by atoms with Crippen LogP contribution in [-0.2, 0) is 0 Å². The molecule has 0 saturated heterocycles. The Hall–Kier alpha value is -3.57. The Morgan fingerprint density at radius 2 is 1.58 bits per heavy atom. The maximum absolute atomic E-state index is 13.1. The number of aromatic nitrogens is 2. The van der Waals surface area contributed by atoms with Gasteiger partial charge in [-0.25, -0.2) is 4.98 Å². The number of hydrogen-bond donors (Lipinski definition) is 0. The summed E-state index contributed by atoms with van der Waals surface area (Å²) in [5.41, 5.74) is 4.59. The van der Waals surface area contributed by atoms with Gasteiger partial charge in [0, 0.05) is 28.4 Å². The van der Waals surface area contributed by atoms with E-state index in [2.05, 4.69) is 4.98 Å². The summed E-state index contributed by atoms with van der Waals surface area (Å²) in [4.78, 5) is 36.8. The SMILES string of the molecule is Cc1ncccc1-c1nc2c(Cl)cccc2cc1C(C)N1C(=O)c2ccccc2C1=O. The monoisotopic (exact) mass is 427 g/mol. The predicted molar refractivity (Wildman–Crippen MR) is 120 cm³/mol. The molecule has 0 fully saturated rings. The van der Waals surface area contributed by atoms with Gasteiger partial charge in [0.25, 0.3) is 11.8 Å². The second-order valence-electron chi connectivity index (χ2n) is 7.58. The molecule has 152 valence electrons. The number of nitrogens with zero attached hydrogens (tertiary/aromatic N) is 3. The lowest BCUT2D eigenvalue weighted by atomic mass is 9.97. The molecule has 2 aromatic carbocycles. The molecule has 0 aliphatic carbocycles. The molecule has 2 aromatic heterocycles. The number of para-hydroxylation sites is 1. The minimum Gasteiger partial charge on any atom is -0.269 e. The van der Waals surface area contributed by atoms with Crippen LogP contribution in [0.1, 0.15) is 44.9 Å². The molecule has 31 heavy (non-hydrogen) atoms. The number of imide groups is 1. The Kier molecular flexibility index (Phi) is 4.56. The van der Waals surface area contributed by atoms with E-state index < -0.39 is 6.04 Å². The van der Waals surface area contributed by atoms with E-state index in [1.165, 1.54) is 4.90 Å². The Bertz CT molecular complexity index is 1350. The first-order valence-electron chi connectivity index (χ1n) is 9.95. The summed E-state index contributed by atoms with van der Waals surface area (Å²) in [6, 6.07) is 17.7. The van der Waals surface area contributed by atoms with Gasteiger partial charge in [0.15, 0.2) is 0 Å². The fourth-order valence-electron chi connectivity index (χ4n) is 4.15. The molecule has 6 heteroatoms. The molecule has 5 rings (SSSR count). The van der Waals surface area contributed by atoms with E-state index in [-0.39, 0.29) is 11.8 Å². The Morgan fingerprint density at radius 3 is 2.26 bits per heavy atom. The zero-order valence-electron chi connectivity index (χ0n) is 17.0. The van der Waals surface area contributed by atoms with E-state index in [0.29, 0.717) is 27.4 Å². The predicted octanol–water partition coefficient (Wildman–Crippen LogP) is 5.62. The number of hydrogen-bond acceptors (Lipinski definition) is 4. The van der Waals surface area contributed by atoms with Crippen molar-refractivity contribution in [2.24, 2.45) is 0 Å². The first-order chi connectivity index (χ1) is 15.0. The molecule has 3 heterocycles. The van der Waals surface area contributed by atoms with Gasteiger partial charge in [-0.05, 0) is 50.2 Å². The molecule has 1 unspecified atom stereocenters. The average Bonchev–Trinajstić information content (AvgIpc) is 3.04. The van der Waals surface area contributed by atoms with Crippen molar-refractivity contribution in [2.45, 2.75) is 19.9 Å². The maximum Gasteiger partial charge on any atom is 0.262 e. The smallest absolute Gasteiger partial charge is 0.262 e. The molecule has 4 aromatic rings. The topological polar surface area (TPSA) is 63.2 Å². The third-order valence-corrected chi connectivity index (χ3v) is 6.06. The van der Waals surface area contributed by atoms with Crippen LogP contribution in [0.4, 0.5) is 0 Å². The van der Waals surface area contributed by atoms with Crippen LogP contribution < -0.4 is 0 Å². The van der Waals surface area contributed by atoms with Crippen molar-refractivity contribution in [3.63, 3.8) is 0 Å². The van der Waals surface area contributed by atoms with Crippen molar-refractivity contribution in [3.05, 3.63) is 94.3 Å². The van der Waals surface area contributed by atoms with Crippen molar-refractivity contribution in [2.75, 3.05) is 0 Å². The normalized spacial score (nSPS) is 14.2. The van der Waals surface area contributed by atoms with E-state index in [1.54, 1.807) is 36.5 Å². The van der Waals surface area contributed by atoms with Crippen LogP contribution in [0.5, 0.6) is 0 Å². The summed E-state index contributed by atoms with van der Waals surface area (Å²) in [6.45, 7) is 3.76. The highest BCUT2D eigenvalue weighted by atomic mass is 35.5. The highest BCUT2D eigenvalue weighted by molar-refractivity contribution is 6.35. The van der Waals surface area contributed by atoms with Gasteiger partial charge in [-0.3, -0.25) is 19.5 Å². The highest BCUT2D eigenvalue weighted by Crippen LogP contribution is 2.38. The van der Waals surface area contributed by atoms with Crippen molar-refractivity contribution >= 4 is 34.3 Å². The van der Waals surface area contributed by atoms with Crippen LogP contribution in [0.2, 0.25) is 5.02 Å². The van der Waals surface area contributed by atoms with Crippen LogP contribution in [-0.4, -0.2) is 26.7 Å². The lowest BCUT2D eigenvalue weighted by Gasteiger charge is -2.25. The molecule has 1 aliphatic rings. The molecule has 2 amide bonds. The number of carbonyl (C=O) groups excluding carboxylic acids is 2. The molecule has 1 aliphatic heterocycles. The van der Waals surface area contributed by atoms with E-state index in [9.17, 15) is 9.59 Å². The Balaban J connectivity index is 1.73. The quantitative estimate of drug-likeness (QED) is 0.398. The summed E-state index contributed by atoms with van der Waals surface area (Å²) < 4.78 is 0. The number of benzene rings is 2. The average molecular weight is 428 g/mol. The van der Waals surface area contributed by atoms with E-state index >= 15 is 0 Å². The largest absolute Gasteiger partial charge is 0.269 e. The van der Waals surface area contributed by atoms with Crippen LogP contribution in [0.3, 0.4) is 0 Å². The van der Waals surface area contributed by atoms with Gasteiger partial charge < -0.3 is 0 Å². The van der Waals surface area contributed by atoms with E-state index in [4.69, 9.17) is 16.6 Å². The third kappa shape index (κ3) is 3.01. The zero-order valence-corrected chi connectivity index (χ0v) is 17.7. The van der Waals surface area contributed by atoms with Crippen LogP contribution >= 0.6 is 11.6 Å². The summed E-state index contributed by atoms with van der Waals surface area (Å²) in [5, 5.41) is 1.39. The molecule has 0 spiro atoms. The van der Waals surface area contributed by atoms with Crippen LogP contribution in [0, 0.1) is 6.92 Å². The van der Waals surface area contributed by atoms with E-state index in [0.717, 1.165) is 22.2 Å². The zero-order chi connectivity index (χ0) is 21.7. The van der Waals surface area contributed by atoms with Crippen molar-refractivity contribution < 1.29 is 9.59 Å². The number of halogens is 1. The number of pyridine rings is 2. The molecule has 1 atom stereocenters. The van der Waals surface area contributed by atoms with Crippen LogP contribution in [0.15, 0.2) is 66.9 Å². The summed E-state index contributed by atoms with van der Waals surface area (Å²) >= 11 is 6.43. The number of rotatable bonds is 3. The minimum atomic E-state index is -0.530. The summed E-state index contributed by atoms with van der Waals surface area (Å²) in [7, 11) is 0. The fourth-order valence-corrected chi connectivity index (χ4v) is 4.37. The van der Waals surface area contributed by atoms with E-state index in [1.807, 2.05) is 44.2 Å². The Morgan fingerprint density at radius 1 is 0.903 bits per heavy atom. The first-order valence-corrected chi connectivity index (χ1v) is 10.3. The van der Waals surface area contributed by atoms with Crippen molar-refractivity contribution in [3.8, 4) is 11.3 Å². The molecular formula is C25H18ClN3O2. The minimum absolute atomic E-state index is 0.298. The lowest BCUT2D eigenvalue weighted by Crippen LogP contribution is -2.33. The van der Waals surface area contributed by atoms with Crippen LogP contribution in [0.25, 0.3) is 22.2 Å². The van der Waals surface area contributed by atoms with Gasteiger partial charge in [-0.15, -0.1) is 0 Å². The van der Waals surface area contributed by atoms with Crippen molar-refractivity contribution in [1.82, 2.24) is 14.9 Å². The van der Waals surface area contributed by atoms with Crippen molar-refractivity contribution in [1.29, 1.82) is 0 Å². The second-order valence-corrected chi connectivity index (χ2v) is 7.98. The third-order valence-electron chi connectivity index (χ3n) is 5.75. The number of carbonyl (C=O) groups is 2. The molecule has 0 bridgehead atoms. The Labute approximate surface area is 184 Å². The lowest BCUT2D eigenvalue weighted by molar-refractivity contribution is 0.0595. The van der Waals surface area contributed by atoms with Gasteiger partial charge in [0.2, 0.25) is 0 Å². The standard InChI is InChI=1S/C25H18ClN3O2/c1-14-17(10-6-12-27-14)23-20(13-16-7-5-11-21(26)22(16)28-23)15(2)29-24(30)18-8-3-4-9-19(18)25(29)31/h3-13,15H,1-2H3. The number of amides is 2. The number of fused-ring (bicyclic) bond motifs is 2. The van der Waals surface area contributed by atoms with Gasteiger partial charge in [-0.1, -0.05) is 35.9 Å². The summed E-state index contributed by atoms with van der Waals surface area (Å²) in [5.74, 6) is -0.596. The molecule has 5 nitrogen and oxygen atoms in total. The second kappa shape index (κ2) is 7.29. The fraction of sp³-hybridized carbons (Fsp3) is 0.120. The van der Waals surface area contributed by atoms with Gasteiger partial charge in [0.05, 0.1) is 33.4 Å². The molecular weight excluding hydrogens is 410 g/mol. The number of aryl methyl sites for hydroxylation is 1. The molecule has 0 saturated carbocycles. The summed E-state index contributed by atoms with van der Waals surface area (Å²) in [6.07, 6.45) is 1.72.